The first-order valence-electron chi connectivity index (χ1n) is 6.73. The molecule has 1 saturated carbocycles. The Morgan fingerprint density at radius 3 is 2.88 bits per heavy atom. The van der Waals surface area contributed by atoms with E-state index in [1.807, 2.05) is 0 Å². The van der Waals surface area contributed by atoms with Gasteiger partial charge in [-0.3, -0.25) is 0 Å². The maximum atomic E-state index is 4.83. The van der Waals surface area contributed by atoms with E-state index >= 15 is 0 Å². The van der Waals surface area contributed by atoms with Crippen LogP contribution in [0.5, 0.6) is 0 Å². The molecule has 0 spiro atoms. The minimum Gasteiger partial charge on any atom is -0.370 e. The normalized spacial score (nSPS) is 20.8. The summed E-state index contributed by atoms with van der Waals surface area (Å²) in [6.45, 7) is 4.29. The molecule has 0 bridgehead atoms. The van der Waals surface area contributed by atoms with Crippen LogP contribution in [0.1, 0.15) is 56.2 Å². The van der Waals surface area contributed by atoms with Crippen molar-refractivity contribution in [1.82, 2.24) is 9.78 Å². The molecule has 2 aliphatic rings. The third-order valence-electron chi connectivity index (χ3n) is 4.02. The van der Waals surface area contributed by atoms with Crippen molar-refractivity contribution in [1.29, 1.82) is 0 Å². The molecule has 3 rings (SSSR count). The summed E-state index contributed by atoms with van der Waals surface area (Å²) in [5.41, 5.74) is 2.95. The minimum atomic E-state index is 0.765. The van der Waals surface area contributed by atoms with Gasteiger partial charge in [0.1, 0.15) is 5.82 Å². The number of hydrogen-bond donors (Lipinski definition) is 1. The Morgan fingerprint density at radius 2 is 2.19 bits per heavy atom. The maximum absolute atomic E-state index is 4.83. The Hall–Kier alpha value is -0.990. The summed E-state index contributed by atoms with van der Waals surface area (Å²) in [5.74, 6) is 2.09. The average molecular weight is 219 g/mol. The van der Waals surface area contributed by atoms with Crippen molar-refractivity contribution < 1.29 is 0 Å². The van der Waals surface area contributed by atoms with Crippen LogP contribution in [0.4, 0.5) is 5.82 Å². The van der Waals surface area contributed by atoms with Gasteiger partial charge in [0.05, 0.1) is 5.69 Å². The molecule has 1 aromatic rings. The molecule has 1 fully saturated rings. The molecule has 0 unspecified atom stereocenters. The smallest absolute Gasteiger partial charge is 0.127 e. The highest BCUT2D eigenvalue weighted by Crippen LogP contribution is 2.40. The quantitative estimate of drug-likeness (QED) is 0.829. The SMILES string of the molecule is CCn1nc(C2CCC2)c2c1NCCCC2. The summed E-state index contributed by atoms with van der Waals surface area (Å²) in [5, 5.41) is 8.40. The van der Waals surface area contributed by atoms with Gasteiger partial charge in [0, 0.05) is 24.6 Å². The third kappa shape index (κ3) is 1.53. The summed E-state index contributed by atoms with van der Waals surface area (Å²) < 4.78 is 2.17. The van der Waals surface area contributed by atoms with Gasteiger partial charge in [-0.25, -0.2) is 4.68 Å². The fourth-order valence-corrected chi connectivity index (χ4v) is 2.83. The zero-order valence-corrected chi connectivity index (χ0v) is 10.1. The number of aromatic nitrogens is 2. The van der Waals surface area contributed by atoms with E-state index in [2.05, 4.69) is 16.9 Å². The topological polar surface area (TPSA) is 29.9 Å². The fourth-order valence-electron chi connectivity index (χ4n) is 2.83. The van der Waals surface area contributed by atoms with Gasteiger partial charge in [-0.1, -0.05) is 6.42 Å². The van der Waals surface area contributed by atoms with Crippen molar-refractivity contribution in [3.63, 3.8) is 0 Å². The third-order valence-corrected chi connectivity index (χ3v) is 4.02. The Kier molecular flexibility index (Phi) is 2.62. The van der Waals surface area contributed by atoms with Crippen LogP contribution < -0.4 is 5.32 Å². The number of fused-ring (bicyclic) bond motifs is 1. The maximum Gasteiger partial charge on any atom is 0.127 e. The molecular formula is C13H21N3. The van der Waals surface area contributed by atoms with Crippen LogP contribution in [-0.4, -0.2) is 16.3 Å². The van der Waals surface area contributed by atoms with Gasteiger partial charge in [-0.15, -0.1) is 0 Å². The summed E-state index contributed by atoms with van der Waals surface area (Å²) in [6.07, 6.45) is 7.94. The van der Waals surface area contributed by atoms with E-state index in [4.69, 9.17) is 5.10 Å². The number of nitrogens with one attached hydrogen (secondary N) is 1. The molecule has 2 heterocycles. The molecule has 1 aromatic heterocycles. The first-order chi connectivity index (χ1) is 7.90. The Bertz CT molecular complexity index is 377. The zero-order chi connectivity index (χ0) is 11.0. The van der Waals surface area contributed by atoms with E-state index in [0.717, 1.165) is 19.0 Å². The molecule has 0 saturated heterocycles. The van der Waals surface area contributed by atoms with E-state index in [9.17, 15) is 0 Å². The van der Waals surface area contributed by atoms with Crippen LogP contribution in [0.3, 0.4) is 0 Å². The zero-order valence-electron chi connectivity index (χ0n) is 10.1. The van der Waals surface area contributed by atoms with Gasteiger partial charge in [0.2, 0.25) is 0 Å². The lowest BCUT2D eigenvalue weighted by molar-refractivity contribution is 0.404. The predicted octanol–water partition coefficient (Wildman–Crippen LogP) is 2.92. The number of rotatable bonds is 2. The molecule has 3 heteroatoms. The molecule has 16 heavy (non-hydrogen) atoms. The Labute approximate surface area is 97.2 Å². The van der Waals surface area contributed by atoms with Crippen LogP contribution in [0.2, 0.25) is 0 Å². The summed E-state index contributed by atoms with van der Waals surface area (Å²) in [7, 11) is 0. The van der Waals surface area contributed by atoms with Crippen molar-refractivity contribution >= 4 is 5.82 Å². The van der Waals surface area contributed by atoms with E-state index in [0.29, 0.717) is 0 Å². The van der Waals surface area contributed by atoms with Gasteiger partial charge >= 0.3 is 0 Å². The summed E-state index contributed by atoms with van der Waals surface area (Å²) in [4.78, 5) is 0. The monoisotopic (exact) mass is 219 g/mol. The van der Waals surface area contributed by atoms with E-state index in [1.165, 1.54) is 55.6 Å². The molecule has 3 nitrogen and oxygen atoms in total. The van der Waals surface area contributed by atoms with E-state index < -0.39 is 0 Å². The second-order valence-electron chi connectivity index (χ2n) is 5.04. The second kappa shape index (κ2) is 4.11. The van der Waals surface area contributed by atoms with Crippen molar-refractivity contribution in [2.75, 3.05) is 11.9 Å². The van der Waals surface area contributed by atoms with Gasteiger partial charge in [-0.2, -0.15) is 5.10 Å². The highest BCUT2D eigenvalue weighted by molar-refractivity contribution is 5.50. The highest BCUT2D eigenvalue weighted by Gasteiger charge is 2.28. The molecule has 88 valence electrons. The predicted molar refractivity (Wildman–Crippen MR) is 65.9 cm³/mol. The van der Waals surface area contributed by atoms with Crippen molar-refractivity contribution in [3.05, 3.63) is 11.3 Å². The summed E-state index contributed by atoms with van der Waals surface area (Å²) in [6, 6.07) is 0. The minimum absolute atomic E-state index is 0.765. The molecule has 0 amide bonds. The molecule has 0 atom stereocenters. The lowest BCUT2D eigenvalue weighted by Gasteiger charge is -2.24. The lowest BCUT2D eigenvalue weighted by Crippen LogP contribution is -2.12. The number of aryl methyl sites for hydroxylation is 1. The van der Waals surface area contributed by atoms with Crippen LogP contribution >= 0.6 is 0 Å². The standard InChI is InChI=1S/C13H21N3/c1-2-16-13-11(8-3-4-9-14-13)12(15-16)10-6-5-7-10/h10,14H,2-9H2,1H3. The molecular weight excluding hydrogens is 198 g/mol. The van der Waals surface area contributed by atoms with Crippen molar-refractivity contribution in [3.8, 4) is 0 Å². The van der Waals surface area contributed by atoms with Crippen LogP contribution in [-0.2, 0) is 13.0 Å². The van der Waals surface area contributed by atoms with Gasteiger partial charge in [0.25, 0.3) is 0 Å². The number of nitrogens with zero attached hydrogens (tertiary/aromatic N) is 2. The first kappa shape index (κ1) is 10.2. The highest BCUT2D eigenvalue weighted by atomic mass is 15.3. The molecule has 0 radical (unpaired) electrons. The van der Waals surface area contributed by atoms with Crippen molar-refractivity contribution in [2.45, 2.75) is 57.9 Å². The fraction of sp³-hybridized carbons (Fsp3) is 0.769. The van der Waals surface area contributed by atoms with Crippen LogP contribution in [0.25, 0.3) is 0 Å². The lowest BCUT2D eigenvalue weighted by atomic mass is 9.81. The summed E-state index contributed by atoms with van der Waals surface area (Å²) >= 11 is 0. The van der Waals surface area contributed by atoms with E-state index in [1.54, 1.807) is 0 Å². The number of hydrogen-bond acceptors (Lipinski definition) is 2. The second-order valence-corrected chi connectivity index (χ2v) is 5.04. The van der Waals surface area contributed by atoms with Gasteiger partial charge in [0.15, 0.2) is 0 Å². The first-order valence-corrected chi connectivity index (χ1v) is 6.73. The molecule has 1 aliphatic heterocycles. The Balaban J connectivity index is 2.00. The molecule has 1 aliphatic carbocycles. The van der Waals surface area contributed by atoms with E-state index in [-0.39, 0.29) is 0 Å². The Morgan fingerprint density at radius 1 is 1.31 bits per heavy atom. The van der Waals surface area contributed by atoms with Crippen LogP contribution in [0.15, 0.2) is 0 Å². The molecule has 1 N–H and O–H groups in total. The average Bonchev–Trinajstić information content (AvgIpc) is 2.44. The van der Waals surface area contributed by atoms with Gasteiger partial charge in [-0.05, 0) is 39.0 Å². The number of anilines is 1. The van der Waals surface area contributed by atoms with Crippen molar-refractivity contribution in [2.24, 2.45) is 0 Å². The molecule has 0 aromatic carbocycles. The van der Waals surface area contributed by atoms with Crippen LogP contribution in [0, 0.1) is 0 Å². The largest absolute Gasteiger partial charge is 0.370 e. The van der Waals surface area contributed by atoms with Gasteiger partial charge < -0.3 is 5.32 Å².